The third kappa shape index (κ3) is 5.96. The predicted octanol–water partition coefficient (Wildman–Crippen LogP) is 2.53. The molecular weight excluding hydrogens is 424 g/mol. The molecule has 1 amide bonds. The summed E-state index contributed by atoms with van der Waals surface area (Å²) in [5.41, 5.74) is 0.384. The molecule has 0 spiro atoms. The quantitative estimate of drug-likeness (QED) is 0.554. The second-order valence-corrected chi connectivity index (χ2v) is 8.25. The fourth-order valence-electron chi connectivity index (χ4n) is 2.81. The van der Waals surface area contributed by atoms with E-state index < -0.39 is 28.5 Å². The molecule has 0 aromatic heterocycles. The highest BCUT2D eigenvalue weighted by Gasteiger charge is 2.23. The summed E-state index contributed by atoms with van der Waals surface area (Å²) in [4.78, 5) is 24.6. The van der Waals surface area contributed by atoms with Gasteiger partial charge in [0.2, 0.25) is 10.0 Å². The van der Waals surface area contributed by atoms with Gasteiger partial charge in [-0.3, -0.25) is 4.79 Å². The molecule has 0 bridgehead atoms. The van der Waals surface area contributed by atoms with E-state index in [0.717, 1.165) is 0 Å². The van der Waals surface area contributed by atoms with Gasteiger partial charge in [-0.2, -0.15) is 4.31 Å². The number of methoxy groups -OCH3 is 2. The number of carbonyl (C=O) groups is 2. The van der Waals surface area contributed by atoms with Gasteiger partial charge in [0, 0.05) is 19.2 Å². The first kappa shape index (κ1) is 24.2. The average Bonchev–Trinajstić information content (AvgIpc) is 2.78. The van der Waals surface area contributed by atoms with Gasteiger partial charge in [0.05, 0.1) is 30.4 Å². The second-order valence-electron chi connectivity index (χ2n) is 6.31. The molecule has 0 radical (unpaired) electrons. The van der Waals surface area contributed by atoms with Crippen LogP contribution in [0.5, 0.6) is 11.5 Å². The molecule has 0 saturated carbocycles. The van der Waals surface area contributed by atoms with Crippen molar-refractivity contribution in [1.29, 1.82) is 0 Å². The lowest BCUT2D eigenvalue weighted by molar-refractivity contribution is -0.119. The number of anilines is 1. The molecule has 0 saturated heterocycles. The van der Waals surface area contributed by atoms with Crippen LogP contribution in [-0.4, -0.2) is 58.5 Å². The van der Waals surface area contributed by atoms with E-state index in [0.29, 0.717) is 30.3 Å². The molecule has 2 aromatic carbocycles. The Morgan fingerprint density at radius 2 is 1.71 bits per heavy atom. The maximum Gasteiger partial charge on any atom is 0.338 e. The summed E-state index contributed by atoms with van der Waals surface area (Å²) < 4.78 is 41.9. The number of hydrogen-bond acceptors (Lipinski definition) is 7. The fraction of sp³-hybridized carbons (Fsp3) is 0.333. The van der Waals surface area contributed by atoms with Crippen LogP contribution in [0.3, 0.4) is 0 Å². The van der Waals surface area contributed by atoms with Crippen molar-refractivity contribution >= 4 is 27.6 Å². The first-order valence-corrected chi connectivity index (χ1v) is 11.0. The highest BCUT2D eigenvalue weighted by molar-refractivity contribution is 7.89. The zero-order chi connectivity index (χ0) is 23.0. The molecule has 0 atom stereocenters. The molecule has 0 heterocycles. The van der Waals surface area contributed by atoms with Crippen molar-refractivity contribution in [2.75, 3.05) is 39.2 Å². The minimum atomic E-state index is -3.72. The normalized spacial score (nSPS) is 11.1. The van der Waals surface area contributed by atoms with E-state index in [1.54, 1.807) is 32.0 Å². The van der Waals surface area contributed by atoms with Gasteiger partial charge < -0.3 is 19.5 Å². The van der Waals surface area contributed by atoms with Gasteiger partial charge in [-0.1, -0.05) is 19.9 Å². The fourth-order valence-corrected chi connectivity index (χ4v) is 4.31. The van der Waals surface area contributed by atoms with Crippen molar-refractivity contribution < 1.29 is 32.2 Å². The largest absolute Gasteiger partial charge is 0.497 e. The van der Waals surface area contributed by atoms with Gasteiger partial charge in [-0.05, 0) is 30.3 Å². The highest BCUT2D eigenvalue weighted by atomic mass is 32.2. The summed E-state index contributed by atoms with van der Waals surface area (Å²) in [5.74, 6) is -0.481. The van der Waals surface area contributed by atoms with E-state index in [2.05, 4.69) is 5.32 Å². The molecule has 0 unspecified atom stereocenters. The van der Waals surface area contributed by atoms with Crippen molar-refractivity contribution in [1.82, 2.24) is 4.31 Å². The summed E-state index contributed by atoms with van der Waals surface area (Å²) in [5, 5.41) is 2.59. The summed E-state index contributed by atoms with van der Waals surface area (Å²) in [7, 11) is -0.778. The molecule has 168 valence electrons. The van der Waals surface area contributed by atoms with Crippen LogP contribution in [0.15, 0.2) is 47.4 Å². The van der Waals surface area contributed by atoms with E-state index in [1.807, 2.05) is 0 Å². The van der Waals surface area contributed by atoms with Crippen molar-refractivity contribution in [3.63, 3.8) is 0 Å². The summed E-state index contributed by atoms with van der Waals surface area (Å²) in [6, 6.07) is 10.4. The zero-order valence-corrected chi connectivity index (χ0v) is 18.7. The van der Waals surface area contributed by atoms with Crippen LogP contribution in [0, 0.1) is 0 Å². The molecule has 0 aliphatic heterocycles. The minimum Gasteiger partial charge on any atom is -0.497 e. The lowest BCUT2D eigenvalue weighted by Crippen LogP contribution is -2.30. The van der Waals surface area contributed by atoms with Crippen LogP contribution in [0.2, 0.25) is 0 Å². The Kier molecular flexibility index (Phi) is 8.40. The Bertz CT molecular complexity index is 1030. The SMILES string of the molecule is CCN(CC)S(=O)(=O)c1cccc(C(=O)OCC(=O)Nc2cc(OC)ccc2OC)c1. The number of amides is 1. The van der Waals surface area contributed by atoms with Gasteiger partial charge >= 0.3 is 5.97 Å². The maximum absolute atomic E-state index is 12.6. The number of nitrogens with zero attached hydrogens (tertiary/aromatic N) is 1. The van der Waals surface area contributed by atoms with Crippen LogP contribution in [0.4, 0.5) is 5.69 Å². The second kappa shape index (κ2) is 10.8. The van der Waals surface area contributed by atoms with Gasteiger partial charge in [0.1, 0.15) is 11.5 Å². The van der Waals surface area contributed by atoms with Crippen LogP contribution < -0.4 is 14.8 Å². The van der Waals surface area contributed by atoms with Gasteiger partial charge in [-0.25, -0.2) is 13.2 Å². The Balaban J connectivity index is 2.07. The van der Waals surface area contributed by atoms with E-state index in [-0.39, 0.29) is 10.5 Å². The van der Waals surface area contributed by atoms with Crippen molar-refractivity contribution in [3.05, 3.63) is 48.0 Å². The van der Waals surface area contributed by atoms with E-state index >= 15 is 0 Å². The molecular formula is C21H26N2O7S. The average molecular weight is 451 g/mol. The third-order valence-corrected chi connectivity index (χ3v) is 6.47. The van der Waals surface area contributed by atoms with E-state index in [9.17, 15) is 18.0 Å². The first-order chi connectivity index (χ1) is 14.8. The Morgan fingerprint density at radius 1 is 1.00 bits per heavy atom. The lowest BCUT2D eigenvalue weighted by atomic mass is 10.2. The molecule has 2 rings (SSSR count). The molecule has 0 fully saturated rings. The number of benzene rings is 2. The summed E-state index contributed by atoms with van der Waals surface area (Å²) >= 11 is 0. The van der Waals surface area contributed by atoms with Crippen LogP contribution in [-0.2, 0) is 19.6 Å². The van der Waals surface area contributed by atoms with E-state index in [4.69, 9.17) is 14.2 Å². The van der Waals surface area contributed by atoms with E-state index in [1.165, 1.54) is 42.8 Å². The maximum atomic E-state index is 12.6. The van der Waals surface area contributed by atoms with Crippen LogP contribution >= 0.6 is 0 Å². The predicted molar refractivity (Wildman–Crippen MR) is 115 cm³/mol. The number of esters is 1. The monoisotopic (exact) mass is 450 g/mol. The molecule has 9 nitrogen and oxygen atoms in total. The third-order valence-electron chi connectivity index (χ3n) is 4.43. The molecule has 2 aromatic rings. The Morgan fingerprint density at radius 3 is 2.32 bits per heavy atom. The number of sulfonamides is 1. The van der Waals surface area contributed by atoms with Gasteiger partial charge in [-0.15, -0.1) is 0 Å². The van der Waals surface area contributed by atoms with Crippen LogP contribution in [0.1, 0.15) is 24.2 Å². The number of rotatable bonds is 10. The number of nitrogens with one attached hydrogen (secondary N) is 1. The van der Waals surface area contributed by atoms with Gasteiger partial charge in [0.15, 0.2) is 6.61 Å². The van der Waals surface area contributed by atoms with Gasteiger partial charge in [0.25, 0.3) is 5.91 Å². The molecule has 10 heteroatoms. The molecule has 1 N–H and O–H groups in total. The topological polar surface area (TPSA) is 111 Å². The van der Waals surface area contributed by atoms with Crippen molar-refractivity contribution in [2.45, 2.75) is 18.7 Å². The number of hydrogen-bond donors (Lipinski definition) is 1. The summed E-state index contributed by atoms with van der Waals surface area (Å²) in [6.07, 6.45) is 0. The highest BCUT2D eigenvalue weighted by Crippen LogP contribution is 2.28. The zero-order valence-electron chi connectivity index (χ0n) is 17.9. The van der Waals surface area contributed by atoms with Crippen LogP contribution in [0.25, 0.3) is 0 Å². The molecule has 0 aliphatic carbocycles. The number of ether oxygens (including phenoxy) is 3. The lowest BCUT2D eigenvalue weighted by Gasteiger charge is -2.18. The minimum absolute atomic E-state index is 0.0174. The smallest absolute Gasteiger partial charge is 0.338 e. The van der Waals surface area contributed by atoms with Crippen molar-refractivity contribution in [3.8, 4) is 11.5 Å². The Labute approximate surface area is 182 Å². The Hall–Kier alpha value is -3.11. The summed E-state index contributed by atoms with van der Waals surface area (Å²) in [6.45, 7) is 3.51. The molecule has 0 aliphatic rings. The standard InChI is InChI=1S/C21H26N2O7S/c1-5-23(6-2)31(26,27)17-9-7-8-15(12-17)21(25)30-14-20(24)22-18-13-16(28-3)10-11-19(18)29-4/h7-13H,5-6,14H2,1-4H3,(H,22,24). The first-order valence-electron chi connectivity index (χ1n) is 9.56. The molecule has 31 heavy (non-hydrogen) atoms. The number of carbonyl (C=O) groups excluding carboxylic acids is 2. The van der Waals surface area contributed by atoms with Crippen molar-refractivity contribution in [2.24, 2.45) is 0 Å².